The van der Waals surface area contributed by atoms with Gasteiger partial charge in [0.25, 0.3) is 0 Å². The van der Waals surface area contributed by atoms with Gasteiger partial charge >= 0.3 is 11.9 Å². The van der Waals surface area contributed by atoms with Gasteiger partial charge in [0.05, 0.1) is 19.6 Å². The van der Waals surface area contributed by atoms with Crippen molar-refractivity contribution in [2.24, 2.45) is 5.92 Å². The van der Waals surface area contributed by atoms with Gasteiger partial charge in [-0.3, -0.25) is 9.59 Å². The summed E-state index contributed by atoms with van der Waals surface area (Å²) < 4.78 is 9.41. The third kappa shape index (κ3) is 3.57. The van der Waals surface area contributed by atoms with Gasteiger partial charge in [0.1, 0.15) is 5.25 Å². The van der Waals surface area contributed by atoms with Crippen molar-refractivity contribution in [3.63, 3.8) is 0 Å². The number of ether oxygens (including phenoxy) is 2. The Morgan fingerprint density at radius 1 is 1.36 bits per heavy atom. The van der Waals surface area contributed by atoms with Crippen LogP contribution in [0.25, 0.3) is 0 Å². The molecular formula is C9H16O4S. The van der Waals surface area contributed by atoms with Gasteiger partial charge in [0, 0.05) is 0 Å². The molecule has 4 nitrogen and oxygen atoms in total. The van der Waals surface area contributed by atoms with Crippen LogP contribution in [0, 0.1) is 5.92 Å². The zero-order valence-electron chi connectivity index (χ0n) is 8.90. The van der Waals surface area contributed by atoms with Crippen molar-refractivity contribution < 1.29 is 19.1 Å². The van der Waals surface area contributed by atoms with E-state index in [1.807, 2.05) is 0 Å². The smallest absolute Gasteiger partial charge is 0.319 e. The second kappa shape index (κ2) is 6.70. The van der Waals surface area contributed by atoms with Crippen molar-refractivity contribution in [3.05, 3.63) is 0 Å². The van der Waals surface area contributed by atoms with Crippen LogP contribution in [0.3, 0.4) is 0 Å². The molecule has 0 bridgehead atoms. The Morgan fingerprint density at radius 3 is 2.29 bits per heavy atom. The summed E-state index contributed by atoms with van der Waals surface area (Å²) >= 11 is 1.29. The molecule has 0 N–H and O–H groups in total. The molecule has 0 aromatic heterocycles. The minimum atomic E-state index is -0.484. The van der Waals surface area contributed by atoms with Crippen molar-refractivity contribution in [1.82, 2.24) is 0 Å². The number of methoxy groups -OCH3 is 1. The van der Waals surface area contributed by atoms with E-state index < -0.39 is 17.1 Å². The number of thioether (sulfide) groups is 1. The Bertz CT molecular complexity index is 205. The molecule has 0 amide bonds. The van der Waals surface area contributed by atoms with Crippen LogP contribution in [0.2, 0.25) is 0 Å². The highest BCUT2D eigenvalue weighted by Gasteiger charge is 2.31. The first-order valence-electron chi connectivity index (χ1n) is 4.35. The Hall–Kier alpha value is -0.710. The maximum absolute atomic E-state index is 11.4. The lowest BCUT2D eigenvalue weighted by Crippen LogP contribution is -2.32. The van der Waals surface area contributed by atoms with Crippen LogP contribution in [0.15, 0.2) is 0 Å². The van der Waals surface area contributed by atoms with Gasteiger partial charge in [-0.2, -0.15) is 0 Å². The molecule has 0 aliphatic rings. The molecular weight excluding hydrogens is 204 g/mol. The second-order valence-corrected chi connectivity index (χ2v) is 3.70. The van der Waals surface area contributed by atoms with E-state index >= 15 is 0 Å². The summed E-state index contributed by atoms with van der Waals surface area (Å²) in [5, 5.41) is -0.484. The molecule has 0 aliphatic heterocycles. The van der Waals surface area contributed by atoms with Crippen LogP contribution in [-0.4, -0.2) is 37.2 Å². The fourth-order valence-corrected chi connectivity index (χ4v) is 1.82. The predicted octanol–water partition coefficient (Wildman–Crippen LogP) is 1.09. The number of carbonyl (C=O) groups is 2. The van der Waals surface area contributed by atoms with Crippen molar-refractivity contribution in [2.75, 3.05) is 20.0 Å². The molecule has 0 aromatic rings. The highest BCUT2D eigenvalue weighted by atomic mass is 32.2. The first-order valence-corrected chi connectivity index (χ1v) is 5.64. The monoisotopic (exact) mass is 220 g/mol. The van der Waals surface area contributed by atoms with Crippen LogP contribution < -0.4 is 0 Å². The molecule has 0 radical (unpaired) electrons. The fraction of sp³-hybridized carbons (Fsp3) is 0.778. The molecule has 2 atom stereocenters. The van der Waals surface area contributed by atoms with Crippen LogP contribution in [0.1, 0.15) is 13.8 Å². The average molecular weight is 220 g/mol. The number of carbonyl (C=O) groups excluding carboxylic acids is 2. The van der Waals surface area contributed by atoms with E-state index in [2.05, 4.69) is 4.74 Å². The van der Waals surface area contributed by atoms with Crippen LogP contribution in [0.5, 0.6) is 0 Å². The summed E-state index contributed by atoms with van der Waals surface area (Å²) in [6.45, 7) is 3.71. The van der Waals surface area contributed by atoms with Crippen molar-refractivity contribution in [1.29, 1.82) is 0 Å². The summed E-state index contributed by atoms with van der Waals surface area (Å²) in [7, 11) is 1.31. The maximum Gasteiger partial charge on any atom is 0.319 e. The third-order valence-electron chi connectivity index (χ3n) is 1.80. The average Bonchev–Trinajstić information content (AvgIpc) is 2.18. The normalized spacial score (nSPS) is 14.3. The van der Waals surface area contributed by atoms with E-state index in [0.29, 0.717) is 6.61 Å². The Labute approximate surface area is 88.3 Å². The summed E-state index contributed by atoms with van der Waals surface area (Å²) in [5.74, 6) is -1.23. The first kappa shape index (κ1) is 13.3. The lowest BCUT2D eigenvalue weighted by Gasteiger charge is -2.17. The summed E-state index contributed by atoms with van der Waals surface area (Å²) in [6.07, 6.45) is 1.76. The van der Waals surface area contributed by atoms with Crippen molar-refractivity contribution in [3.8, 4) is 0 Å². The topological polar surface area (TPSA) is 52.6 Å². The van der Waals surface area contributed by atoms with E-state index in [1.165, 1.54) is 18.9 Å². The molecule has 0 saturated heterocycles. The minimum Gasteiger partial charge on any atom is -0.469 e. The van der Waals surface area contributed by atoms with Crippen LogP contribution in [-0.2, 0) is 19.1 Å². The molecule has 0 saturated carbocycles. The molecule has 0 aliphatic carbocycles. The Kier molecular flexibility index (Phi) is 6.36. The van der Waals surface area contributed by atoms with Crippen molar-refractivity contribution >= 4 is 23.7 Å². The highest BCUT2D eigenvalue weighted by molar-refractivity contribution is 7.99. The summed E-state index contributed by atoms with van der Waals surface area (Å²) in [6, 6.07) is 0. The van der Waals surface area contributed by atoms with Gasteiger partial charge in [-0.1, -0.05) is 6.92 Å². The number of hydrogen-bond donors (Lipinski definition) is 0. The largest absolute Gasteiger partial charge is 0.469 e. The van der Waals surface area contributed by atoms with Gasteiger partial charge in [-0.25, -0.2) is 0 Å². The standard InChI is InChI=1S/C9H16O4S/c1-5-13-9(11)7(14-4)6(2)8(10)12-3/h6-7H,5H2,1-4H3/t6-,7-/m0/s1. The molecule has 0 fully saturated rings. The van der Waals surface area contributed by atoms with Gasteiger partial charge in [0.2, 0.25) is 0 Å². The zero-order valence-corrected chi connectivity index (χ0v) is 9.72. The Balaban J connectivity index is 4.39. The molecule has 0 aromatic carbocycles. The number of rotatable bonds is 5. The molecule has 82 valence electrons. The second-order valence-electron chi connectivity index (χ2n) is 2.72. The van der Waals surface area contributed by atoms with Gasteiger partial charge in [0.15, 0.2) is 0 Å². The van der Waals surface area contributed by atoms with E-state index in [1.54, 1.807) is 20.1 Å². The summed E-state index contributed by atoms with van der Waals surface area (Å²) in [5.41, 5.74) is 0. The summed E-state index contributed by atoms with van der Waals surface area (Å²) in [4.78, 5) is 22.6. The molecule has 0 heterocycles. The van der Waals surface area contributed by atoms with Crippen LogP contribution >= 0.6 is 11.8 Å². The molecule has 0 spiro atoms. The lowest BCUT2D eigenvalue weighted by molar-refractivity contribution is -0.151. The SMILES string of the molecule is CCOC(=O)[C@@H](SC)[C@H](C)C(=O)OC. The third-order valence-corrected chi connectivity index (χ3v) is 2.91. The van der Waals surface area contributed by atoms with E-state index in [4.69, 9.17) is 4.74 Å². The zero-order chi connectivity index (χ0) is 11.1. The maximum atomic E-state index is 11.4. The van der Waals surface area contributed by atoms with Gasteiger partial charge in [-0.15, -0.1) is 11.8 Å². The van der Waals surface area contributed by atoms with Gasteiger partial charge < -0.3 is 9.47 Å². The van der Waals surface area contributed by atoms with Crippen molar-refractivity contribution in [2.45, 2.75) is 19.1 Å². The predicted molar refractivity (Wildman–Crippen MR) is 55.1 cm³/mol. The highest BCUT2D eigenvalue weighted by Crippen LogP contribution is 2.19. The van der Waals surface area contributed by atoms with E-state index in [9.17, 15) is 9.59 Å². The quantitative estimate of drug-likeness (QED) is 0.649. The number of esters is 2. The van der Waals surface area contributed by atoms with E-state index in [0.717, 1.165) is 0 Å². The van der Waals surface area contributed by atoms with Crippen LogP contribution in [0.4, 0.5) is 0 Å². The number of hydrogen-bond acceptors (Lipinski definition) is 5. The first-order chi connectivity index (χ1) is 6.58. The molecule has 0 rings (SSSR count). The molecule has 5 heteroatoms. The fourth-order valence-electron chi connectivity index (χ4n) is 1.04. The molecule has 14 heavy (non-hydrogen) atoms. The minimum absolute atomic E-state index is 0.323. The lowest BCUT2D eigenvalue weighted by atomic mass is 10.1. The Morgan fingerprint density at radius 2 is 1.93 bits per heavy atom. The molecule has 0 unspecified atom stereocenters. The van der Waals surface area contributed by atoms with E-state index in [-0.39, 0.29) is 5.97 Å². The van der Waals surface area contributed by atoms with Gasteiger partial charge in [-0.05, 0) is 13.2 Å².